The number of rotatable bonds is 5. The predicted octanol–water partition coefficient (Wildman–Crippen LogP) is 4.69. The molecular formula is C24H21Cl2N3O3. The molecule has 0 radical (unpaired) electrons. The first-order valence-electron chi connectivity index (χ1n) is 10.3. The first-order valence-corrected chi connectivity index (χ1v) is 11.0. The third kappa shape index (κ3) is 4.87. The molecule has 1 aliphatic heterocycles. The fourth-order valence-electron chi connectivity index (χ4n) is 3.69. The monoisotopic (exact) mass is 469 g/mol. The summed E-state index contributed by atoms with van der Waals surface area (Å²) in [5.41, 5.74) is 1.52. The zero-order chi connectivity index (χ0) is 22.7. The standard InChI is InChI=1S/C24H21Cl2N3O3/c25-18-8-9-21(19(13-18)24(32)28-11-3-4-12-28)27-23(31)17-7-10-22(30)29(15-17)14-16-5-1-2-6-20(16)26/h1-2,5-10,13,15H,3-4,11-12,14H2,(H,27,31). The van der Waals surface area contributed by atoms with E-state index in [0.29, 0.717) is 34.4 Å². The largest absolute Gasteiger partial charge is 0.339 e. The molecule has 8 heteroatoms. The van der Waals surface area contributed by atoms with Gasteiger partial charge in [-0.25, -0.2) is 0 Å². The molecule has 0 unspecified atom stereocenters. The van der Waals surface area contributed by atoms with Crippen LogP contribution in [0.2, 0.25) is 10.0 Å². The lowest BCUT2D eigenvalue weighted by Crippen LogP contribution is -2.29. The Kier molecular flexibility index (Phi) is 6.63. The highest BCUT2D eigenvalue weighted by Gasteiger charge is 2.23. The number of halogens is 2. The number of carbonyl (C=O) groups is 2. The van der Waals surface area contributed by atoms with E-state index < -0.39 is 5.91 Å². The van der Waals surface area contributed by atoms with Crippen molar-refractivity contribution in [2.75, 3.05) is 18.4 Å². The van der Waals surface area contributed by atoms with Crippen molar-refractivity contribution >= 4 is 40.7 Å². The van der Waals surface area contributed by atoms with Crippen molar-refractivity contribution in [3.63, 3.8) is 0 Å². The Labute approximate surface area is 195 Å². The van der Waals surface area contributed by atoms with Gasteiger partial charge >= 0.3 is 0 Å². The van der Waals surface area contributed by atoms with Gasteiger partial charge in [0.05, 0.1) is 23.4 Å². The number of amides is 2. The van der Waals surface area contributed by atoms with Crippen LogP contribution in [0.4, 0.5) is 5.69 Å². The summed E-state index contributed by atoms with van der Waals surface area (Å²) < 4.78 is 1.42. The summed E-state index contributed by atoms with van der Waals surface area (Å²) in [5, 5.41) is 3.75. The Morgan fingerprint density at radius 1 is 0.969 bits per heavy atom. The highest BCUT2D eigenvalue weighted by atomic mass is 35.5. The lowest BCUT2D eigenvalue weighted by atomic mass is 10.1. The summed E-state index contributed by atoms with van der Waals surface area (Å²) in [6.07, 6.45) is 3.40. The molecule has 164 valence electrons. The van der Waals surface area contributed by atoms with Gasteiger partial charge in [0.2, 0.25) is 0 Å². The number of carbonyl (C=O) groups excluding carboxylic acids is 2. The minimum absolute atomic E-state index is 0.163. The van der Waals surface area contributed by atoms with Gasteiger partial charge in [0, 0.05) is 35.4 Å². The summed E-state index contributed by atoms with van der Waals surface area (Å²) >= 11 is 12.3. The number of pyridine rings is 1. The van der Waals surface area contributed by atoms with Gasteiger partial charge in [-0.2, -0.15) is 0 Å². The number of nitrogens with one attached hydrogen (secondary N) is 1. The Morgan fingerprint density at radius 3 is 2.47 bits per heavy atom. The first-order chi connectivity index (χ1) is 15.4. The van der Waals surface area contributed by atoms with Gasteiger partial charge in [-0.1, -0.05) is 41.4 Å². The van der Waals surface area contributed by atoms with E-state index in [4.69, 9.17) is 23.2 Å². The average molecular weight is 470 g/mol. The summed E-state index contributed by atoms with van der Waals surface area (Å²) in [6.45, 7) is 1.61. The molecule has 32 heavy (non-hydrogen) atoms. The molecule has 1 aromatic heterocycles. The zero-order valence-electron chi connectivity index (χ0n) is 17.2. The summed E-state index contributed by atoms with van der Waals surface area (Å²) in [6, 6.07) is 14.8. The Hall–Kier alpha value is -3.09. The molecule has 0 bridgehead atoms. The van der Waals surface area contributed by atoms with E-state index in [1.54, 1.807) is 29.2 Å². The topological polar surface area (TPSA) is 71.4 Å². The maximum Gasteiger partial charge on any atom is 0.257 e. The van der Waals surface area contributed by atoms with Crippen LogP contribution in [0.5, 0.6) is 0 Å². The summed E-state index contributed by atoms with van der Waals surface area (Å²) in [4.78, 5) is 40.0. The second-order valence-corrected chi connectivity index (χ2v) is 8.46. The number of benzene rings is 2. The molecule has 0 saturated carbocycles. The predicted molar refractivity (Wildman–Crippen MR) is 126 cm³/mol. The van der Waals surface area contributed by atoms with E-state index >= 15 is 0 Å². The zero-order valence-corrected chi connectivity index (χ0v) is 18.7. The average Bonchev–Trinajstić information content (AvgIpc) is 3.32. The van der Waals surface area contributed by atoms with Gasteiger partial charge in [-0.3, -0.25) is 14.4 Å². The Morgan fingerprint density at radius 2 is 1.72 bits per heavy atom. The maximum atomic E-state index is 13.0. The first kappa shape index (κ1) is 22.1. The number of nitrogens with zero attached hydrogens (tertiary/aromatic N) is 2. The van der Waals surface area contributed by atoms with Crippen LogP contribution in [0.15, 0.2) is 65.6 Å². The van der Waals surface area contributed by atoms with Crippen LogP contribution in [0.3, 0.4) is 0 Å². The fraction of sp³-hybridized carbons (Fsp3) is 0.208. The smallest absolute Gasteiger partial charge is 0.257 e. The molecule has 4 rings (SSSR count). The molecule has 2 aromatic carbocycles. The Balaban J connectivity index is 1.59. The van der Waals surface area contributed by atoms with Gasteiger partial charge in [0.15, 0.2) is 0 Å². The van der Waals surface area contributed by atoms with E-state index in [2.05, 4.69) is 5.32 Å². The third-order valence-electron chi connectivity index (χ3n) is 5.40. The molecule has 6 nitrogen and oxygen atoms in total. The van der Waals surface area contributed by atoms with Crippen LogP contribution in [0.25, 0.3) is 0 Å². The summed E-state index contributed by atoms with van der Waals surface area (Å²) in [5.74, 6) is -0.598. The number of aromatic nitrogens is 1. The third-order valence-corrected chi connectivity index (χ3v) is 6.00. The van der Waals surface area contributed by atoms with Crippen molar-refractivity contribution in [2.24, 2.45) is 0 Å². The number of hydrogen-bond acceptors (Lipinski definition) is 3. The second-order valence-electron chi connectivity index (χ2n) is 7.62. The van der Waals surface area contributed by atoms with Crippen LogP contribution >= 0.6 is 23.2 Å². The van der Waals surface area contributed by atoms with Crippen LogP contribution in [0.1, 0.15) is 39.1 Å². The van der Waals surface area contributed by atoms with Crippen LogP contribution in [0, 0.1) is 0 Å². The summed E-state index contributed by atoms with van der Waals surface area (Å²) in [7, 11) is 0. The van der Waals surface area contributed by atoms with Crippen LogP contribution in [-0.4, -0.2) is 34.4 Å². The molecule has 0 atom stereocenters. The normalized spacial score (nSPS) is 13.2. The van der Waals surface area contributed by atoms with Crippen molar-refractivity contribution in [3.8, 4) is 0 Å². The lowest BCUT2D eigenvalue weighted by Gasteiger charge is -2.18. The SMILES string of the molecule is O=C(Nc1ccc(Cl)cc1C(=O)N1CCCC1)c1ccc(=O)n(Cc2ccccc2Cl)c1. The molecule has 1 aliphatic rings. The minimum atomic E-state index is -0.435. The van der Waals surface area contributed by atoms with Gasteiger partial charge in [-0.05, 0) is 48.7 Å². The second kappa shape index (κ2) is 9.59. The highest BCUT2D eigenvalue weighted by Crippen LogP contribution is 2.24. The fourth-order valence-corrected chi connectivity index (χ4v) is 4.05. The highest BCUT2D eigenvalue weighted by molar-refractivity contribution is 6.31. The van der Waals surface area contributed by atoms with Gasteiger partial charge in [0.25, 0.3) is 17.4 Å². The molecule has 0 spiro atoms. The number of likely N-dealkylation sites (tertiary alicyclic amines) is 1. The van der Waals surface area contributed by atoms with Crippen molar-refractivity contribution in [1.29, 1.82) is 0 Å². The quantitative estimate of drug-likeness (QED) is 0.588. The molecule has 0 aliphatic carbocycles. The van der Waals surface area contributed by atoms with E-state index in [1.807, 2.05) is 18.2 Å². The van der Waals surface area contributed by atoms with Gasteiger partial charge < -0.3 is 14.8 Å². The van der Waals surface area contributed by atoms with Crippen molar-refractivity contribution in [1.82, 2.24) is 9.47 Å². The maximum absolute atomic E-state index is 13.0. The molecule has 2 amide bonds. The van der Waals surface area contributed by atoms with Crippen molar-refractivity contribution in [2.45, 2.75) is 19.4 Å². The Bertz CT molecular complexity index is 1230. The molecule has 1 N–H and O–H groups in total. The lowest BCUT2D eigenvalue weighted by molar-refractivity contribution is 0.0794. The molecule has 3 aromatic rings. The van der Waals surface area contributed by atoms with E-state index in [-0.39, 0.29) is 23.6 Å². The molecular weight excluding hydrogens is 449 g/mol. The van der Waals surface area contributed by atoms with Crippen LogP contribution < -0.4 is 10.9 Å². The van der Waals surface area contributed by atoms with Crippen LogP contribution in [-0.2, 0) is 6.54 Å². The van der Waals surface area contributed by atoms with E-state index in [0.717, 1.165) is 18.4 Å². The van der Waals surface area contributed by atoms with Crippen molar-refractivity contribution in [3.05, 3.63) is 97.9 Å². The van der Waals surface area contributed by atoms with Gasteiger partial charge in [0.1, 0.15) is 0 Å². The van der Waals surface area contributed by atoms with Crippen molar-refractivity contribution < 1.29 is 9.59 Å². The van der Waals surface area contributed by atoms with E-state index in [9.17, 15) is 14.4 Å². The van der Waals surface area contributed by atoms with E-state index in [1.165, 1.54) is 22.9 Å². The molecule has 2 heterocycles. The molecule has 1 fully saturated rings. The van der Waals surface area contributed by atoms with Gasteiger partial charge in [-0.15, -0.1) is 0 Å². The number of anilines is 1. The molecule has 1 saturated heterocycles. The minimum Gasteiger partial charge on any atom is -0.339 e. The number of hydrogen-bond donors (Lipinski definition) is 1.